The normalized spacial score (nSPS) is 10.7. The van der Waals surface area contributed by atoms with E-state index < -0.39 is 4.92 Å². The van der Waals surface area contributed by atoms with E-state index in [-0.39, 0.29) is 40.9 Å². The fraction of sp³-hybridized carbons (Fsp3) is 0.0741. The summed E-state index contributed by atoms with van der Waals surface area (Å²) >= 11 is 1.09. The number of hydrogen-bond donors (Lipinski definition) is 1. The number of benzene rings is 2. The highest BCUT2D eigenvalue weighted by Crippen LogP contribution is 2.32. The number of nitrogens with zero attached hydrogens (tertiary/aromatic N) is 3. The lowest BCUT2D eigenvalue weighted by Crippen LogP contribution is -3.00. The number of carbonyl (C=O) groups excluding carboxylic acids is 1. The molecule has 1 N–H and O–H groups in total. The molecule has 0 bridgehead atoms. The maximum atomic E-state index is 12.7. The van der Waals surface area contributed by atoms with Crippen molar-refractivity contribution < 1.29 is 31.3 Å². The summed E-state index contributed by atoms with van der Waals surface area (Å²) in [6.07, 6.45) is 3.68. The topological polar surface area (TPSA) is 92.8 Å². The summed E-state index contributed by atoms with van der Waals surface area (Å²) in [6, 6.07) is 27.7. The first-order valence-corrected chi connectivity index (χ1v) is 11.9. The zero-order valence-electron chi connectivity index (χ0n) is 19.0. The Hall–Kier alpha value is -3.95. The molecule has 0 unspecified atom stereocenters. The smallest absolute Gasteiger partial charge is 0.280 e. The molecule has 5 rings (SSSR count). The Bertz CT molecular complexity index is 1450. The van der Waals surface area contributed by atoms with Gasteiger partial charge in [0, 0.05) is 12.1 Å². The van der Waals surface area contributed by atoms with Crippen LogP contribution in [0.25, 0.3) is 11.3 Å². The van der Waals surface area contributed by atoms with E-state index in [4.69, 9.17) is 0 Å². The summed E-state index contributed by atoms with van der Waals surface area (Å²) in [7, 11) is 0. The van der Waals surface area contributed by atoms with Gasteiger partial charge in [-0.1, -0.05) is 60.7 Å². The van der Waals surface area contributed by atoms with Gasteiger partial charge in [0.1, 0.15) is 0 Å². The van der Waals surface area contributed by atoms with Crippen LogP contribution in [0.1, 0.15) is 32.4 Å². The van der Waals surface area contributed by atoms with Gasteiger partial charge in [0.05, 0.1) is 38.0 Å². The molecule has 2 aromatic carbocycles. The minimum atomic E-state index is -0.491. The highest BCUT2D eigenvalue weighted by Gasteiger charge is 2.22. The van der Waals surface area contributed by atoms with Crippen LogP contribution in [-0.4, -0.2) is 20.9 Å². The van der Waals surface area contributed by atoms with E-state index in [1.165, 1.54) is 11.4 Å². The van der Waals surface area contributed by atoms with Gasteiger partial charge in [0.25, 0.3) is 5.69 Å². The van der Waals surface area contributed by atoms with Crippen molar-refractivity contribution in [3.8, 4) is 11.3 Å². The summed E-state index contributed by atoms with van der Waals surface area (Å²) in [4.78, 5) is 23.4. The molecule has 5 aromatic rings. The Morgan fingerprint density at radius 3 is 2.28 bits per heavy atom. The summed E-state index contributed by atoms with van der Waals surface area (Å²) < 4.78 is 1.77. The second kappa shape index (κ2) is 11.2. The van der Waals surface area contributed by atoms with Gasteiger partial charge < -0.3 is 17.0 Å². The third-order valence-corrected chi connectivity index (χ3v) is 6.68. The average molecular weight is 561 g/mol. The second-order valence-electron chi connectivity index (χ2n) is 8.08. The highest BCUT2D eigenvalue weighted by atomic mass is 79.9. The number of rotatable bonds is 8. The van der Waals surface area contributed by atoms with Gasteiger partial charge in [-0.3, -0.25) is 20.0 Å². The largest absolute Gasteiger partial charge is 1.00 e. The Morgan fingerprint density at radius 1 is 1.00 bits per heavy atom. The van der Waals surface area contributed by atoms with Gasteiger partial charge in [-0.25, -0.2) is 0 Å². The molecule has 0 saturated carbocycles. The van der Waals surface area contributed by atoms with Crippen molar-refractivity contribution in [2.75, 3.05) is 0 Å². The first-order chi connectivity index (χ1) is 17.1. The number of pyridine rings is 1. The third kappa shape index (κ3) is 5.48. The Kier molecular flexibility index (Phi) is 7.82. The van der Waals surface area contributed by atoms with Crippen molar-refractivity contribution >= 4 is 22.8 Å². The zero-order chi connectivity index (χ0) is 24.2. The molecule has 3 heterocycles. The minimum Gasteiger partial charge on any atom is -1.00 e. The van der Waals surface area contributed by atoms with Gasteiger partial charge in [-0.2, -0.15) is 9.67 Å². The van der Waals surface area contributed by atoms with Crippen molar-refractivity contribution in [2.24, 2.45) is 0 Å². The molecule has 0 aliphatic heterocycles. The SMILES string of the molecule is O=C(C[n+]1cccc(-c2cc(C(c3ccccc3)c3ccccc3)n[nH]2)c1)c1cc([N+](=O)[O-])cs1.[Br-]. The van der Waals surface area contributed by atoms with Gasteiger partial charge in [0.15, 0.2) is 12.4 Å². The number of aromatic amines is 1. The molecule has 0 saturated heterocycles. The van der Waals surface area contributed by atoms with E-state index in [1.54, 1.807) is 10.8 Å². The van der Waals surface area contributed by atoms with Crippen molar-refractivity contribution in [2.45, 2.75) is 12.5 Å². The summed E-state index contributed by atoms with van der Waals surface area (Å²) in [5.41, 5.74) is 4.86. The number of nitrogens with one attached hydrogen (secondary N) is 1. The Balaban J connectivity index is 0.00000304. The monoisotopic (exact) mass is 560 g/mol. The summed E-state index contributed by atoms with van der Waals surface area (Å²) in [6.45, 7) is 0.0865. The summed E-state index contributed by atoms with van der Waals surface area (Å²) in [5, 5.41) is 20.1. The maximum absolute atomic E-state index is 12.7. The molecular weight excluding hydrogens is 540 g/mol. The van der Waals surface area contributed by atoms with E-state index in [2.05, 4.69) is 34.5 Å². The number of thiophene rings is 1. The van der Waals surface area contributed by atoms with Gasteiger partial charge in [-0.15, -0.1) is 11.3 Å². The third-order valence-electron chi connectivity index (χ3n) is 5.73. The second-order valence-corrected chi connectivity index (χ2v) is 8.99. The van der Waals surface area contributed by atoms with Crippen LogP contribution in [0.4, 0.5) is 5.69 Å². The molecule has 0 aliphatic rings. The van der Waals surface area contributed by atoms with Crippen LogP contribution in [0.3, 0.4) is 0 Å². The summed E-state index contributed by atoms with van der Waals surface area (Å²) in [5.74, 6) is -0.196. The lowest BCUT2D eigenvalue weighted by Gasteiger charge is -2.15. The number of halogens is 1. The van der Waals surface area contributed by atoms with Crippen molar-refractivity contribution in [3.05, 3.63) is 135 Å². The van der Waals surface area contributed by atoms with Crippen LogP contribution >= 0.6 is 11.3 Å². The number of H-pyrrole nitrogens is 1. The van der Waals surface area contributed by atoms with Crippen LogP contribution < -0.4 is 21.5 Å². The van der Waals surface area contributed by atoms with E-state index in [0.717, 1.165) is 39.4 Å². The molecule has 0 spiro atoms. The molecule has 0 aliphatic carbocycles. The molecule has 0 amide bonds. The van der Waals surface area contributed by atoms with E-state index in [1.807, 2.05) is 60.8 Å². The maximum Gasteiger partial charge on any atom is 0.280 e. The predicted octanol–water partition coefficient (Wildman–Crippen LogP) is 2.40. The number of hydrogen-bond acceptors (Lipinski definition) is 5. The number of ketones is 1. The van der Waals surface area contributed by atoms with Crippen LogP contribution in [0, 0.1) is 10.1 Å². The molecule has 3 aromatic heterocycles. The number of aromatic nitrogens is 3. The van der Waals surface area contributed by atoms with Crippen LogP contribution in [-0.2, 0) is 6.54 Å². The predicted molar refractivity (Wildman–Crippen MR) is 133 cm³/mol. The molecule has 180 valence electrons. The van der Waals surface area contributed by atoms with E-state index >= 15 is 0 Å². The first-order valence-electron chi connectivity index (χ1n) is 11.0. The number of Topliss-reactive ketones (excluding diaryl/α,β-unsaturated/α-hetero) is 1. The number of carbonyl (C=O) groups is 1. The highest BCUT2D eigenvalue weighted by molar-refractivity contribution is 7.12. The Morgan fingerprint density at radius 2 is 1.67 bits per heavy atom. The molecule has 0 radical (unpaired) electrons. The van der Waals surface area contributed by atoms with Gasteiger partial charge >= 0.3 is 0 Å². The molecule has 7 nitrogen and oxygen atoms in total. The van der Waals surface area contributed by atoms with Gasteiger partial charge in [-0.05, 0) is 23.3 Å². The average Bonchev–Trinajstić information content (AvgIpc) is 3.57. The van der Waals surface area contributed by atoms with Crippen molar-refractivity contribution in [1.82, 2.24) is 10.2 Å². The van der Waals surface area contributed by atoms with E-state index in [9.17, 15) is 14.9 Å². The zero-order valence-corrected chi connectivity index (χ0v) is 21.4. The Labute approximate surface area is 222 Å². The van der Waals surface area contributed by atoms with Crippen LogP contribution in [0.2, 0.25) is 0 Å². The molecule has 0 atom stereocenters. The fourth-order valence-electron chi connectivity index (χ4n) is 4.05. The molecule has 36 heavy (non-hydrogen) atoms. The standard InChI is InChI=1S/C27H21N4O3S.BrH/c32-25(26-14-22(18-35-26)31(33)34)17-30-13-7-12-21(16-30)23-15-24(29-28-23)27(19-8-3-1-4-9-19)20-10-5-2-6-11-20;/h1-16,18,27H,17H2,(H,28,29);1H/q+1;/p-1. The van der Waals surface area contributed by atoms with Crippen LogP contribution in [0.15, 0.2) is 103 Å². The van der Waals surface area contributed by atoms with E-state index in [0.29, 0.717) is 4.88 Å². The van der Waals surface area contributed by atoms with Crippen LogP contribution in [0.5, 0.6) is 0 Å². The van der Waals surface area contributed by atoms with Crippen molar-refractivity contribution in [1.29, 1.82) is 0 Å². The lowest BCUT2D eigenvalue weighted by molar-refractivity contribution is -0.682. The lowest BCUT2D eigenvalue weighted by atomic mass is 9.88. The fourth-order valence-corrected chi connectivity index (χ4v) is 4.84. The minimum absolute atomic E-state index is 0. The quantitative estimate of drug-likeness (QED) is 0.136. The number of nitro groups is 1. The molecular formula is C27H21BrN4O3S. The van der Waals surface area contributed by atoms with Gasteiger partial charge in [0.2, 0.25) is 12.3 Å². The molecule has 0 fully saturated rings. The molecule has 9 heteroatoms. The first kappa shape index (κ1) is 25.2. The van der Waals surface area contributed by atoms with Crippen molar-refractivity contribution in [3.63, 3.8) is 0 Å².